The molecule has 5 heteroatoms. The van der Waals surface area contributed by atoms with E-state index in [-0.39, 0.29) is 12.0 Å². The molecule has 2 aliphatic heterocycles. The third-order valence-corrected chi connectivity index (χ3v) is 3.26. The zero-order valence-electron chi connectivity index (χ0n) is 8.85. The van der Waals surface area contributed by atoms with Crippen LogP contribution in [0.15, 0.2) is 56.9 Å². The highest BCUT2D eigenvalue weighted by molar-refractivity contribution is 9.11. The van der Waals surface area contributed by atoms with E-state index in [2.05, 4.69) is 26.2 Å². The molecule has 0 N–H and O–H groups in total. The van der Waals surface area contributed by atoms with Crippen LogP contribution in [0.5, 0.6) is 0 Å². The number of allylic oxidation sites excluding steroid dienone is 2. The van der Waals surface area contributed by atoms with E-state index in [1.54, 1.807) is 6.07 Å². The number of hydrogen-bond donors (Lipinski definition) is 0. The zero-order valence-corrected chi connectivity index (χ0v) is 10.4. The molecule has 0 spiro atoms. The summed E-state index contributed by atoms with van der Waals surface area (Å²) in [6.45, 7) is 0.708. The Kier molecular flexibility index (Phi) is 2.55. The van der Waals surface area contributed by atoms with Gasteiger partial charge in [0.05, 0.1) is 6.54 Å². The minimum atomic E-state index is -0.248. The van der Waals surface area contributed by atoms with E-state index >= 15 is 0 Å². The molecule has 86 valence electrons. The van der Waals surface area contributed by atoms with Crippen LogP contribution in [0.2, 0.25) is 0 Å². The molecule has 0 saturated heterocycles. The average Bonchev–Trinajstić information content (AvgIpc) is 2.71. The fraction of sp³-hybridized carbons (Fsp3) is 0.167. The quantitative estimate of drug-likeness (QED) is 0.775. The molecule has 0 radical (unpaired) electrons. The van der Waals surface area contributed by atoms with Crippen LogP contribution < -0.4 is 0 Å². The smallest absolute Gasteiger partial charge is 0.170 e. The summed E-state index contributed by atoms with van der Waals surface area (Å²) in [4.78, 5) is 2.03. The third-order valence-electron chi connectivity index (χ3n) is 2.74. The predicted molar refractivity (Wildman–Crippen MR) is 65.8 cm³/mol. The summed E-state index contributed by atoms with van der Waals surface area (Å²) in [6, 6.07) is 6.48. The van der Waals surface area contributed by atoms with Gasteiger partial charge in [-0.2, -0.15) is 5.11 Å². The van der Waals surface area contributed by atoms with Crippen LogP contribution in [-0.2, 0) is 0 Å². The van der Waals surface area contributed by atoms with Gasteiger partial charge in [-0.05, 0) is 24.3 Å². The summed E-state index contributed by atoms with van der Waals surface area (Å²) in [7, 11) is 0. The summed E-state index contributed by atoms with van der Waals surface area (Å²) in [5.74, 6) is 0.573. The van der Waals surface area contributed by atoms with E-state index < -0.39 is 0 Å². The van der Waals surface area contributed by atoms with Crippen molar-refractivity contribution in [3.8, 4) is 0 Å². The van der Waals surface area contributed by atoms with Gasteiger partial charge in [-0.3, -0.25) is 0 Å². The molecule has 1 atom stereocenters. The Hall–Kier alpha value is -1.49. The van der Waals surface area contributed by atoms with Gasteiger partial charge in [-0.25, -0.2) is 4.39 Å². The third kappa shape index (κ3) is 1.91. The van der Waals surface area contributed by atoms with E-state index in [9.17, 15) is 4.39 Å². The number of hydrogen-bond acceptors (Lipinski definition) is 3. The SMILES string of the molecule is Fc1cccc(C2N=NC3=CC=C(Br)CN32)c1. The minimum Gasteiger partial charge on any atom is -0.323 e. The van der Waals surface area contributed by atoms with Gasteiger partial charge < -0.3 is 4.90 Å². The molecular weight excluding hydrogens is 285 g/mol. The van der Waals surface area contributed by atoms with Gasteiger partial charge in [0.25, 0.3) is 0 Å². The lowest BCUT2D eigenvalue weighted by atomic mass is 10.1. The van der Waals surface area contributed by atoms with Crippen molar-refractivity contribution < 1.29 is 4.39 Å². The van der Waals surface area contributed by atoms with Gasteiger partial charge >= 0.3 is 0 Å². The lowest BCUT2D eigenvalue weighted by molar-refractivity contribution is 0.316. The molecular formula is C12H9BrFN3. The highest BCUT2D eigenvalue weighted by atomic mass is 79.9. The molecule has 2 aliphatic rings. The first-order valence-corrected chi connectivity index (χ1v) is 6.03. The Labute approximate surface area is 106 Å². The Balaban J connectivity index is 1.95. The highest BCUT2D eigenvalue weighted by Crippen LogP contribution is 2.36. The maximum Gasteiger partial charge on any atom is 0.170 e. The monoisotopic (exact) mass is 293 g/mol. The van der Waals surface area contributed by atoms with Crippen molar-refractivity contribution in [2.45, 2.75) is 6.17 Å². The van der Waals surface area contributed by atoms with Crippen molar-refractivity contribution in [1.29, 1.82) is 0 Å². The first kappa shape index (κ1) is 10.7. The van der Waals surface area contributed by atoms with Crippen LogP contribution in [0.4, 0.5) is 4.39 Å². The number of nitrogens with zero attached hydrogens (tertiary/aromatic N) is 3. The van der Waals surface area contributed by atoms with Crippen molar-refractivity contribution in [2.24, 2.45) is 10.2 Å². The molecule has 0 bridgehead atoms. The Morgan fingerprint density at radius 1 is 1.35 bits per heavy atom. The van der Waals surface area contributed by atoms with E-state index in [1.165, 1.54) is 12.1 Å². The summed E-state index contributed by atoms with van der Waals surface area (Å²) in [5, 5.41) is 8.29. The van der Waals surface area contributed by atoms with E-state index in [4.69, 9.17) is 0 Å². The van der Waals surface area contributed by atoms with E-state index in [1.807, 2.05) is 23.1 Å². The van der Waals surface area contributed by atoms with Gasteiger partial charge in [0.1, 0.15) is 5.82 Å². The molecule has 1 unspecified atom stereocenters. The van der Waals surface area contributed by atoms with Gasteiger partial charge in [-0.1, -0.05) is 28.1 Å². The first-order chi connectivity index (χ1) is 8.24. The van der Waals surface area contributed by atoms with Gasteiger partial charge in [0, 0.05) is 10.0 Å². The molecule has 0 aromatic heterocycles. The standard InChI is InChI=1S/C12H9BrFN3/c13-9-4-5-11-15-16-12(17(11)7-9)8-2-1-3-10(14)6-8/h1-6,12H,7H2. The number of azo groups is 1. The van der Waals surface area contributed by atoms with E-state index in [0.29, 0.717) is 6.54 Å². The second kappa shape index (κ2) is 4.07. The first-order valence-electron chi connectivity index (χ1n) is 5.23. The van der Waals surface area contributed by atoms with Crippen molar-refractivity contribution in [3.05, 3.63) is 58.1 Å². The molecule has 3 rings (SSSR count). The minimum absolute atomic E-state index is 0.224. The number of fused-ring (bicyclic) bond motifs is 1. The fourth-order valence-corrected chi connectivity index (χ4v) is 2.35. The van der Waals surface area contributed by atoms with Crippen molar-refractivity contribution >= 4 is 15.9 Å². The number of halogens is 2. The van der Waals surface area contributed by atoms with E-state index in [0.717, 1.165) is 15.9 Å². The normalized spacial score (nSPS) is 22.2. The molecule has 17 heavy (non-hydrogen) atoms. The van der Waals surface area contributed by atoms with Crippen LogP contribution in [0.3, 0.4) is 0 Å². The largest absolute Gasteiger partial charge is 0.323 e. The summed E-state index contributed by atoms with van der Waals surface area (Å²) in [5.41, 5.74) is 0.819. The molecule has 2 heterocycles. The second-order valence-corrected chi connectivity index (χ2v) is 4.93. The van der Waals surface area contributed by atoms with Crippen LogP contribution in [-0.4, -0.2) is 11.4 Å². The average molecular weight is 294 g/mol. The number of benzene rings is 1. The summed E-state index contributed by atoms with van der Waals surface area (Å²) in [6.07, 6.45) is 3.63. The van der Waals surface area contributed by atoms with Crippen LogP contribution in [0, 0.1) is 5.82 Å². The molecule has 0 fully saturated rings. The van der Waals surface area contributed by atoms with Gasteiger partial charge in [-0.15, -0.1) is 5.11 Å². The van der Waals surface area contributed by atoms with Crippen molar-refractivity contribution in [2.75, 3.05) is 6.54 Å². The van der Waals surface area contributed by atoms with Crippen LogP contribution in [0.1, 0.15) is 11.7 Å². The van der Waals surface area contributed by atoms with Crippen LogP contribution >= 0.6 is 15.9 Å². The topological polar surface area (TPSA) is 28.0 Å². The molecule has 3 nitrogen and oxygen atoms in total. The molecule has 0 aliphatic carbocycles. The summed E-state index contributed by atoms with van der Waals surface area (Å²) >= 11 is 3.46. The van der Waals surface area contributed by atoms with Gasteiger partial charge in [0.15, 0.2) is 12.0 Å². The Morgan fingerprint density at radius 3 is 3.06 bits per heavy atom. The summed E-state index contributed by atoms with van der Waals surface area (Å²) < 4.78 is 14.3. The zero-order chi connectivity index (χ0) is 11.8. The second-order valence-electron chi connectivity index (χ2n) is 3.91. The van der Waals surface area contributed by atoms with Crippen LogP contribution in [0.25, 0.3) is 0 Å². The molecule has 0 amide bonds. The number of rotatable bonds is 1. The van der Waals surface area contributed by atoms with Gasteiger partial charge in [0.2, 0.25) is 0 Å². The molecule has 1 aromatic rings. The maximum atomic E-state index is 13.2. The lowest BCUT2D eigenvalue weighted by Crippen LogP contribution is -2.25. The predicted octanol–water partition coefficient (Wildman–Crippen LogP) is 3.73. The van der Waals surface area contributed by atoms with Crippen molar-refractivity contribution in [3.63, 3.8) is 0 Å². The fourth-order valence-electron chi connectivity index (χ4n) is 1.95. The molecule has 1 aromatic carbocycles. The Morgan fingerprint density at radius 2 is 2.24 bits per heavy atom. The molecule has 0 saturated carbocycles. The Bertz CT molecular complexity index is 550. The highest BCUT2D eigenvalue weighted by Gasteiger charge is 2.29. The maximum absolute atomic E-state index is 13.2. The van der Waals surface area contributed by atoms with Crippen molar-refractivity contribution in [1.82, 2.24) is 4.90 Å². The lowest BCUT2D eigenvalue weighted by Gasteiger charge is -2.26.